The van der Waals surface area contributed by atoms with E-state index in [1.807, 2.05) is 0 Å². The van der Waals surface area contributed by atoms with Crippen LogP contribution in [-0.4, -0.2) is 641 Å². The minimum absolute atomic E-state index is 0. The maximum atomic E-state index is 8.58. The van der Waals surface area contributed by atoms with Gasteiger partial charge >= 0.3 is 587 Å². The smallest absolute Gasteiger partial charge is 0.894 e. The largest absolute Gasteiger partial charge is 2.00 e. The molecule has 0 aromatic carbocycles. The summed E-state index contributed by atoms with van der Waals surface area (Å²) in [4.78, 5) is 206. The van der Waals surface area contributed by atoms with Gasteiger partial charge in [-0.1, -0.05) is 0 Å². The Morgan fingerprint density at radius 1 is 0.119 bits per heavy atom. The molecule has 0 aliphatic carbocycles. The van der Waals surface area contributed by atoms with E-state index in [-0.39, 0.29) is 587 Å². The molecule has 192 valence electrons. The fourth-order valence-corrected chi connectivity index (χ4v) is 0. The van der Waals surface area contributed by atoms with E-state index in [0.717, 1.165) is 0 Å². The molecule has 0 spiro atoms. The van der Waals surface area contributed by atoms with Gasteiger partial charge in [0, 0.05) is 0 Å². The van der Waals surface area contributed by atoms with Crippen LogP contribution in [0.3, 0.4) is 0 Å². The first-order valence-corrected chi connectivity index (χ1v) is 14.7. The van der Waals surface area contributed by atoms with Gasteiger partial charge in [-0.25, -0.2) is 0 Å². The summed E-state index contributed by atoms with van der Waals surface area (Å²) in [6, 6.07) is 0. The van der Waals surface area contributed by atoms with E-state index in [0.29, 0.717) is 0 Å². The molecule has 24 nitrogen and oxygen atoms in total. The number of rotatable bonds is 0. The molecule has 0 saturated carbocycles. The van der Waals surface area contributed by atoms with Crippen LogP contribution in [0.4, 0.5) is 0 Å². The summed E-state index contributed by atoms with van der Waals surface area (Å²) in [6.07, 6.45) is 0. The molecule has 42 heteroatoms. The molecule has 0 radical (unpaired) electrons. The Balaban J connectivity index is -0.00000000973. The molecule has 0 aromatic rings. The normalized spacial score (nSPS) is 8.57. The van der Waals surface area contributed by atoms with Crippen LogP contribution in [0.2, 0.25) is 0 Å². The molecule has 0 aliphatic rings. The van der Waals surface area contributed by atoms with Gasteiger partial charge in [-0.15, -0.1) is 0 Å². The van der Waals surface area contributed by atoms with Crippen LogP contribution in [0.15, 0.2) is 0 Å². The van der Waals surface area contributed by atoms with Crippen molar-refractivity contribution in [2.75, 3.05) is 0 Å². The predicted octanol–water partition coefficient (Wildman–Crippen LogP) is -35.4. The Morgan fingerprint density at radius 3 is 0.119 bits per heavy atom. The molecule has 0 heterocycles. The quantitative estimate of drug-likeness (QED) is 0.203. The molecular weight excluding hydrogens is 2200 g/mol. The monoisotopic (exact) mass is 2210 g/mol. The van der Waals surface area contributed by atoms with E-state index in [1.54, 1.807) is 0 Å². The van der Waals surface area contributed by atoms with Gasteiger partial charge in [0.2, 0.25) is 0 Å². The summed E-state index contributed by atoms with van der Waals surface area (Å²) < 4.78 is 0. The Kier molecular flexibility index (Phi) is 196. The van der Waals surface area contributed by atoms with Crippen LogP contribution in [-0.2, 0) is 0 Å². The third kappa shape index (κ3) is 544. The summed E-state index contributed by atoms with van der Waals surface area (Å²) >= 11 is 0. The molecular formula is Ba12O24Si6. The van der Waals surface area contributed by atoms with Gasteiger partial charge in [0.05, 0.1) is 0 Å². The number of hydrogen-bond donors (Lipinski definition) is 0. The standard InChI is InChI=1S/12Ba.6O4Si/c;;;;;;;;;;;;6*1-5(2,3)4/q12*+2;6*-4. The summed E-state index contributed by atoms with van der Waals surface area (Å²) in [7, 11) is -33.7. The van der Waals surface area contributed by atoms with Gasteiger partial charge in [0.1, 0.15) is 0 Å². The fourth-order valence-electron chi connectivity index (χ4n) is 0. The van der Waals surface area contributed by atoms with Crippen molar-refractivity contribution in [2.45, 2.75) is 0 Å². The van der Waals surface area contributed by atoms with Crippen LogP contribution < -0.4 is 115 Å². The van der Waals surface area contributed by atoms with Crippen molar-refractivity contribution in [3.8, 4) is 0 Å². The zero-order chi connectivity index (χ0) is 27.0. The summed E-state index contributed by atoms with van der Waals surface area (Å²) in [5.41, 5.74) is 0. The fraction of sp³-hybridized carbons (Fsp3) is 0. The van der Waals surface area contributed by atoms with Crippen LogP contribution >= 0.6 is 0 Å². The molecule has 0 saturated heterocycles. The van der Waals surface area contributed by atoms with Gasteiger partial charge in [0.25, 0.3) is 0 Å². The molecule has 0 unspecified atom stereocenters. The van der Waals surface area contributed by atoms with E-state index in [2.05, 4.69) is 0 Å². The van der Waals surface area contributed by atoms with Crippen molar-refractivity contribution in [3.63, 3.8) is 0 Å². The Bertz CT molecular complexity index is 244. The Morgan fingerprint density at radius 2 is 0.119 bits per heavy atom. The zero-order valence-electron chi connectivity index (χ0n) is 21.3. The topological polar surface area (TPSA) is 553 Å². The van der Waals surface area contributed by atoms with Gasteiger partial charge in [-0.2, -0.15) is 0 Å². The minimum atomic E-state index is -5.61. The van der Waals surface area contributed by atoms with E-state index < -0.39 is 54.3 Å². The van der Waals surface area contributed by atoms with E-state index in [1.165, 1.54) is 0 Å². The maximum absolute atomic E-state index is 8.58. The average Bonchev–Trinajstić information content (AvgIpc) is 1.94. The first kappa shape index (κ1) is 119. The van der Waals surface area contributed by atoms with Crippen molar-refractivity contribution in [1.82, 2.24) is 0 Å². The maximum Gasteiger partial charge on any atom is 2.00 e. The van der Waals surface area contributed by atoms with Crippen LogP contribution in [0, 0.1) is 0 Å². The second-order valence-corrected chi connectivity index (χ2v) is 9.00. The van der Waals surface area contributed by atoms with Crippen molar-refractivity contribution in [2.24, 2.45) is 0 Å². The SMILES string of the molecule is [Ba+2].[Ba+2].[Ba+2].[Ba+2].[Ba+2].[Ba+2].[Ba+2].[Ba+2].[Ba+2].[Ba+2].[Ba+2].[Ba+2].[O-][Si]([O-])([O-])[O-].[O-][Si]([O-])([O-])[O-].[O-][Si]([O-])([O-])[O-].[O-][Si]([O-])([O-])[O-].[O-][Si]([O-])([O-])[O-].[O-][Si]([O-])([O-])[O-]. The van der Waals surface area contributed by atoms with Gasteiger partial charge in [-0.05, 0) is 0 Å². The Labute approximate surface area is 729 Å². The third-order valence-electron chi connectivity index (χ3n) is 0. The molecule has 0 amide bonds. The molecule has 0 fully saturated rings. The minimum Gasteiger partial charge on any atom is -0.894 e. The predicted molar refractivity (Wildman–Crippen MR) is 104 cm³/mol. The van der Waals surface area contributed by atoms with Crippen molar-refractivity contribution in [3.05, 3.63) is 0 Å². The van der Waals surface area contributed by atoms with E-state index in [4.69, 9.17) is 115 Å². The van der Waals surface area contributed by atoms with E-state index in [9.17, 15) is 0 Å². The second kappa shape index (κ2) is 69.2. The van der Waals surface area contributed by atoms with Crippen LogP contribution in [0.5, 0.6) is 0 Å². The second-order valence-electron chi connectivity index (χ2n) is 3.00. The van der Waals surface area contributed by atoms with E-state index >= 15 is 0 Å². The molecule has 0 N–H and O–H groups in total. The molecule has 0 atom stereocenters. The van der Waals surface area contributed by atoms with Gasteiger partial charge in [-0.3, -0.25) is 0 Å². The number of hydrogen-bond acceptors (Lipinski definition) is 24. The van der Waals surface area contributed by atoms with Crippen molar-refractivity contribution < 1.29 is 115 Å². The van der Waals surface area contributed by atoms with Crippen LogP contribution in [0.25, 0.3) is 0 Å². The van der Waals surface area contributed by atoms with Crippen LogP contribution in [0.1, 0.15) is 0 Å². The average molecular weight is 2200 g/mol. The summed E-state index contributed by atoms with van der Waals surface area (Å²) in [5.74, 6) is 0. The van der Waals surface area contributed by atoms with Gasteiger partial charge < -0.3 is 169 Å². The summed E-state index contributed by atoms with van der Waals surface area (Å²) in [6.45, 7) is 0. The molecule has 0 aliphatic heterocycles. The molecule has 0 aromatic heterocycles. The van der Waals surface area contributed by atoms with Gasteiger partial charge in [0.15, 0.2) is 0 Å². The Hall–Kier alpha value is 19.2. The molecule has 0 rings (SSSR count). The van der Waals surface area contributed by atoms with Crippen molar-refractivity contribution in [1.29, 1.82) is 0 Å². The molecule has 42 heavy (non-hydrogen) atoms. The first-order valence-electron chi connectivity index (χ1n) is 4.90. The summed E-state index contributed by atoms with van der Waals surface area (Å²) in [5, 5.41) is 0. The zero-order valence-corrected chi connectivity index (χ0v) is 80.6. The molecule has 0 bridgehead atoms. The third-order valence-corrected chi connectivity index (χ3v) is 0. The first-order chi connectivity index (χ1) is 12.0. The van der Waals surface area contributed by atoms with Crippen molar-refractivity contribution >= 4 is 641 Å².